The van der Waals surface area contributed by atoms with Crippen molar-refractivity contribution in [2.75, 3.05) is 26.4 Å². The van der Waals surface area contributed by atoms with Crippen molar-refractivity contribution >= 4 is 23.6 Å². The molecule has 0 aromatic heterocycles. The zero-order valence-corrected chi connectivity index (χ0v) is 11.8. The van der Waals surface area contributed by atoms with Crippen LogP contribution in [0.25, 0.3) is 0 Å². The normalized spacial score (nSPS) is 11.5. The zero-order valence-electron chi connectivity index (χ0n) is 11.8. The van der Waals surface area contributed by atoms with Crippen LogP contribution in [0.4, 0.5) is 0 Å². The number of hydrogen-bond acceptors (Lipinski definition) is 6. The molecule has 9 nitrogen and oxygen atoms in total. The van der Waals surface area contributed by atoms with Crippen molar-refractivity contribution in [1.82, 2.24) is 10.6 Å². The first-order chi connectivity index (χ1) is 9.86. The molecule has 0 saturated heterocycles. The molecule has 0 heterocycles. The lowest BCUT2D eigenvalue weighted by Crippen LogP contribution is -2.43. The van der Waals surface area contributed by atoms with E-state index < -0.39 is 30.4 Å². The number of carbonyl (C=O) groups excluding carboxylic acids is 3. The van der Waals surface area contributed by atoms with Gasteiger partial charge < -0.3 is 30.4 Å². The number of nitrogens with one attached hydrogen (secondary N) is 2. The molecule has 9 heteroatoms. The average Bonchev–Trinajstić information content (AvgIpc) is 2.40. The van der Waals surface area contributed by atoms with Gasteiger partial charge in [-0.05, 0) is 13.3 Å². The molecule has 0 aliphatic heterocycles. The Balaban J connectivity index is 4.00. The molecule has 0 saturated carbocycles. The van der Waals surface area contributed by atoms with E-state index in [9.17, 15) is 19.2 Å². The Morgan fingerprint density at radius 2 is 1.76 bits per heavy atom. The SMILES string of the molecule is CC(=O)CC[C@H](NC(=O)COCC(=O)NCCO)C(=O)O. The van der Waals surface area contributed by atoms with Crippen LogP contribution in [0.2, 0.25) is 0 Å². The number of ketones is 1. The summed E-state index contributed by atoms with van der Waals surface area (Å²) in [6.07, 6.45) is 0.0368. The standard InChI is InChI=1S/C12H20N2O7/c1-8(16)2-3-9(12(19)20)14-11(18)7-21-6-10(17)13-4-5-15/h9,15H,2-7H2,1H3,(H,13,17)(H,14,18)(H,19,20)/t9-/m0/s1. The maximum absolute atomic E-state index is 11.4. The minimum atomic E-state index is -1.25. The van der Waals surface area contributed by atoms with E-state index >= 15 is 0 Å². The predicted octanol–water partition coefficient (Wildman–Crippen LogP) is -1.95. The second kappa shape index (κ2) is 10.7. The number of aliphatic hydroxyl groups excluding tert-OH is 1. The van der Waals surface area contributed by atoms with Crippen molar-refractivity contribution in [2.45, 2.75) is 25.8 Å². The number of rotatable bonds is 11. The minimum Gasteiger partial charge on any atom is -0.480 e. The Morgan fingerprint density at radius 3 is 2.29 bits per heavy atom. The third-order valence-electron chi connectivity index (χ3n) is 2.32. The number of Topliss-reactive ketones (excluding diaryl/α,β-unsaturated/α-hetero) is 1. The van der Waals surface area contributed by atoms with Gasteiger partial charge in [0.15, 0.2) is 0 Å². The summed E-state index contributed by atoms with van der Waals surface area (Å²) in [5.41, 5.74) is 0. The molecule has 0 unspecified atom stereocenters. The van der Waals surface area contributed by atoms with Gasteiger partial charge in [-0.2, -0.15) is 0 Å². The van der Waals surface area contributed by atoms with E-state index in [1.54, 1.807) is 0 Å². The molecule has 0 aliphatic carbocycles. The van der Waals surface area contributed by atoms with Crippen LogP contribution >= 0.6 is 0 Å². The Kier molecular flexibility index (Phi) is 9.72. The summed E-state index contributed by atoms with van der Waals surface area (Å²) in [5.74, 6) is -2.61. The van der Waals surface area contributed by atoms with Gasteiger partial charge in [0.05, 0.1) is 6.61 Å². The first kappa shape index (κ1) is 19.0. The number of carbonyl (C=O) groups is 4. The number of amides is 2. The first-order valence-corrected chi connectivity index (χ1v) is 6.33. The van der Waals surface area contributed by atoms with E-state index in [0.29, 0.717) is 0 Å². The molecule has 0 bridgehead atoms. The van der Waals surface area contributed by atoms with E-state index in [1.807, 2.05) is 0 Å². The largest absolute Gasteiger partial charge is 0.480 e. The topological polar surface area (TPSA) is 142 Å². The number of aliphatic hydroxyl groups is 1. The van der Waals surface area contributed by atoms with Gasteiger partial charge >= 0.3 is 5.97 Å². The molecule has 0 rings (SSSR count). The molecular weight excluding hydrogens is 284 g/mol. The van der Waals surface area contributed by atoms with Crippen LogP contribution in [-0.2, 0) is 23.9 Å². The van der Waals surface area contributed by atoms with Gasteiger partial charge in [0.2, 0.25) is 11.8 Å². The number of carboxylic acid groups (broad SMARTS) is 1. The maximum Gasteiger partial charge on any atom is 0.326 e. The van der Waals surface area contributed by atoms with Crippen molar-refractivity contribution in [3.63, 3.8) is 0 Å². The molecule has 0 aromatic carbocycles. The number of aliphatic carboxylic acids is 1. The molecule has 4 N–H and O–H groups in total. The molecule has 0 radical (unpaired) electrons. The summed E-state index contributed by atoms with van der Waals surface area (Å²) in [6, 6.07) is -1.17. The Morgan fingerprint density at radius 1 is 1.14 bits per heavy atom. The van der Waals surface area contributed by atoms with Gasteiger partial charge in [-0.1, -0.05) is 0 Å². The second-order valence-corrected chi connectivity index (χ2v) is 4.27. The predicted molar refractivity (Wildman–Crippen MR) is 70.4 cm³/mol. The molecule has 120 valence electrons. The lowest BCUT2D eigenvalue weighted by Gasteiger charge is -2.13. The van der Waals surface area contributed by atoms with Crippen LogP contribution in [0, 0.1) is 0 Å². The van der Waals surface area contributed by atoms with Crippen LogP contribution in [0.5, 0.6) is 0 Å². The Labute approximate surface area is 121 Å². The summed E-state index contributed by atoms with van der Waals surface area (Å²) in [6.45, 7) is 0.354. The molecule has 21 heavy (non-hydrogen) atoms. The van der Waals surface area contributed by atoms with Crippen molar-refractivity contribution in [1.29, 1.82) is 0 Å². The first-order valence-electron chi connectivity index (χ1n) is 6.33. The minimum absolute atomic E-state index is 0.00655. The number of carboxylic acids is 1. The number of ether oxygens (including phenoxy) is 1. The summed E-state index contributed by atoms with van der Waals surface area (Å²) in [7, 11) is 0. The van der Waals surface area contributed by atoms with E-state index in [0.717, 1.165) is 0 Å². The molecular formula is C12H20N2O7. The van der Waals surface area contributed by atoms with Crippen LogP contribution in [-0.4, -0.2) is 66.2 Å². The summed E-state index contributed by atoms with van der Waals surface area (Å²) < 4.78 is 4.79. The van der Waals surface area contributed by atoms with Crippen molar-refractivity contribution < 1.29 is 34.1 Å². The maximum atomic E-state index is 11.4. The third-order valence-corrected chi connectivity index (χ3v) is 2.32. The van der Waals surface area contributed by atoms with Crippen molar-refractivity contribution in [3.05, 3.63) is 0 Å². The number of hydrogen-bond donors (Lipinski definition) is 4. The molecule has 2 amide bonds. The highest BCUT2D eigenvalue weighted by molar-refractivity contribution is 5.85. The highest BCUT2D eigenvalue weighted by Gasteiger charge is 2.20. The highest BCUT2D eigenvalue weighted by Crippen LogP contribution is 1.99. The van der Waals surface area contributed by atoms with Gasteiger partial charge in [0.1, 0.15) is 25.0 Å². The smallest absolute Gasteiger partial charge is 0.326 e. The Hall–Kier alpha value is -2.00. The summed E-state index contributed by atoms with van der Waals surface area (Å²) in [4.78, 5) is 44.2. The average molecular weight is 304 g/mol. The van der Waals surface area contributed by atoms with Crippen LogP contribution in [0.1, 0.15) is 19.8 Å². The molecule has 0 aromatic rings. The third kappa shape index (κ3) is 10.4. The molecule has 1 atom stereocenters. The monoisotopic (exact) mass is 304 g/mol. The van der Waals surface area contributed by atoms with Gasteiger partial charge in [-0.15, -0.1) is 0 Å². The van der Waals surface area contributed by atoms with Gasteiger partial charge in [-0.3, -0.25) is 9.59 Å². The van der Waals surface area contributed by atoms with Crippen LogP contribution in [0.15, 0.2) is 0 Å². The molecule has 0 aliphatic rings. The highest BCUT2D eigenvalue weighted by atomic mass is 16.5. The van der Waals surface area contributed by atoms with Crippen molar-refractivity contribution in [3.8, 4) is 0 Å². The summed E-state index contributed by atoms with van der Waals surface area (Å²) in [5, 5.41) is 21.9. The van der Waals surface area contributed by atoms with E-state index in [2.05, 4.69) is 10.6 Å². The van der Waals surface area contributed by atoms with E-state index in [1.165, 1.54) is 6.92 Å². The quantitative estimate of drug-likeness (QED) is 0.347. The van der Waals surface area contributed by atoms with E-state index in [-0.39, 0.29) is 38.4 Å². The lowest BCUT2D eigenvalue weighted by molar-refractivity contribution is -0.143. The fraction of sp³-hybridized carbons (Fsp3) is 0.667. The summed E-state index contributed by atoms with van der Waals surface area (Å²) >= 11 is 0. The van der Waals surface area contributed by atoms with Crippen LogP contribution in [0.3, 0.4) is 0 Å². The van der Waals surface area contributed by atoms with Crippen molar-refractivity contribution in [2.24, 2.45) is 0 Å². The molecule has 0 fully saturated rings. The fourth-order valence-electron chi connectivity index (χ4n) is 1.32. The van der Waals surface area contributed by atoms with Crippen LogP contribution < -0.4 is 10.6 Å². The lowest BCUT2D eigenvalue weighted by atomic mass is 10.1. The molecule has 0 spiro atoms. The van der Waals surface area contributed by atoms with Gasteiger partial charge in [0.25, 0.3) is 0 Å². The second-order valence-electron chi connectivity index (χ2n) is 4.27. The Bertz CT molecular complexity index is 384. The van der Waals surface area contributed by atoms with E-state index in [4.69, 9.17) is 14.9 Å². The zero-order chi connectivity index (χ0) is 16.3. The van der Waals surface area contributed by atoms with Gasteiger partial charge in [0, 0.05) is 13.0 Å². The van der Waals surface area contributed by atoms with Gasteiger partial charge in [-0.25, -0.2) is 4.79 Å². The fourth-order valence-corrected chi connectivity index (χ4v) is 1.32.